The number of hydrogen-bond donors (Lipinski definition) is 0. The minimum Gasteiger partial charge on any atom is -0.463 e. The molecule has 0 heterocycles. The molecule has 0 amide bonds. The van der Waals surface area contributed by atoms with Gasteiger partial charge in [0, 0.05) is 5.57 Å². The maximum Gasteiger partial charge on any atom is 0.333 e. The van der Waals surface area contributed by atoms with Crippen molar-refractivity contribution in [3.63, 3.8) is 0 Å². The first-order valence-electron chi connectivity index (χ1n) is 7.54. The maximum absolute atomic E-state index is 11.6. The molecule has 21 heavy (non-hydrogen) atoms. The fourth-order valence-electron chi connectivity index (χ4n) is 2.21. The molecule has 1 aromatic carbocycles. The largest absolute Gasteiger partial charge is 0.463 e. The smallest absolute Gasteiger partial charge is 0.333 e. The molecule has 1 aromatic rings. The Bertz CT molecular complexity index is 451. The molecule has 116 valence electrons. The van der Waals surface area contributed by atoms with E-state index in [0.29, 0.717) is 18.8 Å². The Balaban J connectivity index is 2.38. The fraction of sp³-hybridized carbons (Fsp3) is 0.500. The van der Waals surface area contributed by atoms with Gasteiger partial charge in [-0.05, 0) is 38.7 Å². The van der Waals surface area contributed by atoms with Crippen LogP contribution in [0, 0.1) is 5.92 Å². The number of benzene rings is 1. The van der Waals surface area contributed by atoms with E-state index in [1.54, 1.807) is 6.92 Å². The number of hydrogen-bond acceptors (Lipinski definition) is 3. The summed E-state index contributed by atoms with van der Waals surface area (Å²) in [6, 6.07) is 10.1. The summed E-state index contributed by atoms with van der Waals surface area (Å²) in [4.78, 5) is 11.6. The minimum absolute atomic E-state index is 0.145. The Labute approximate surface area is 128 Å². The zero-order valence-corrected chi connectivity index (χ0v) is 13.5. The van der Waals surface area contributed by atoms with Crippen LogP contribution in [0.3, 0.4) is 0 Å². The third-order valence-electron chi connectivity index (χ3n) is 3.21. The number of esters is 1. The van der Waals surface area contributed by atoms with Crippen LogP contribution in [0.1, 0.15) is 39.7 Å². The zero-order chi connectivity index (χ0) is 15.7. The first-order chi connectivity index (χ1) is 10.0. The summed E-state index contributed by atoms with van der Waals surface area (Å²) in [6.07, 6.45) is 2.98. The van der Waals surface area contributed by atoms with E-state index in [2.05, 4.69) is 26.0 Å². The summed E-state index contributed by atoms with van der Waals surface area (Å²) in [7, 11) is 0. The van der Waals surface area contributed by atoms with Crippen molar-refractivity contribution in [2.75, 3.05) is 6.61 Å². The topological polar surface area (TPSA) is 35.5 Å². The number of carbonyl (C=O) groups excluding carboxylic acids is 1. The van der Waals surface area contributed by atoms with E-state index in [1.165, 1.54) is 5.56 Å². The molecule has 0 aliphatic rings. The van der Waals surface area contributed by atoms with Gasteiger partial charge in [-0.1, -0.05) is 43.3 Å². The zero-order valence-electron chi connectivity index (χ0n) is 13.5. The molecule has 0 unspecified atom stereocenters. The maximum atomic E-state index is 11.6. The molecule has 0 saturated heterocycles. The van der Waals surface area contributed by atoms with Crippen molar-refractivity contribution in [2.24, 2.45) is 5.92 Å². The highest BCUT2D eigenvalue weighted by molar-refractivity contribution is 5.87. The van der Waals surface area contributed by atoms with Gasteiger partial charge in [-0.25, -0.2) is 4.79 Å². The third kappa shape index (κ3) is 7.09. The van der Waals surface area contributed by atoms with Gasteiger partial charge >= 0.3 is 5.97 Å². The van der Waals surface area contributed by atoms with Crippen LogP contribution in [0.5, 0.6) is 0 Å². The van der Waals surface area contributed by atoms with E-state index >= 15 is 0 Å². The Morgan fingerprint density at radius 3 is 2.52 bits per heavy atom. The van der Waals surface area contributed by atoms with Gasteiger partial charge in [-0.15, -0.1) is 0 Å². The lowest BCUT2D eigenvalue weighted by Crippen LogP contribution is -2.13. The molecular formula is C18H26O3. The van der Waals surface area contributed by atoms with Gasteiger partial charge in [0.05, 0.1) is 19.3 Å². The van der Waals surface area contributed by atoms with Crippen LogP contribution >= 0.6 is 0 Å². The van der Waals surface area contributed by atoms with Crippen molar-refractivity contribution < 1.29 is 14.3 Å². The Hall–Kier alpha value is -1.61. The SMILES string of the molecule is CCOC(=O)/C(C)=C/[C@H](C)C[C@H](C)OCc1ccccc1. The van der Waals surface area contributed by atoms with Gasteiger partial charge < -0.3 is 9.47 Å². The fourth-order valence-corrected chi connectivity index (χ4v) is 2.21. The van der Waals surface area contributed by atoms with E-state index < -0.39 is 0 Å². The summed E-state index contributed by atoms with van der Waals surface area (Å²) < 4.78 is 10.8. The summed E-state index contributed by atoms with van der Waals surface area (Å²) in [5, 5.41) is 0. The number of ether oxygens (including phenoxy) is 2. The van der Waals surface area contributed by atoms with Crippen LogP contribution in [0.15, 0.2) is 42.0 Å². The number of allylic oxidation sites excluding steroid dienone is 1. The molecule has 3 nitrogen and oxygen atoms in total. The second-order valence-corrected chi connectivity index (χ2v) is 5.39. The number of carbonyl (C=O) groups is 1. The normalized spacial score (nSPS) is 14.6. The summed E-state index contributed by atoms with van der Waals surface area (Å²) in [6.45, 7) is 8.79. The molecule has 0 aromatic heterocycles. The second kappa shape index (κ2) is 9.35. The van der Waals surface area contributed by atoms with Gasteiger partial charge in [0.1, 0.15) is 0 Å². The van der Waals surface area contributed by atoms with E-state index in [9.17, 15) is 4.79 Å². The predicted octanol–water partition coefficient (Wildman–Crippen LogP) is 4.13. The summed E-state index contributed by atoms with van der Waals surface area (Å²) >= 11 is 0. The first kappa shape index (κ1) is 17.4. The molecule has 0 bridgehead atoms. The van der Waals surface area contributed by atoms with Crippen molar-refractivity contribution in [1.29, 1.82) is 0 Å². The highest BCUT2D eigenvalue weighted by Gasteiger charge is 2.11. The van der Waals surface area contributed by atoms with Crippen molar-refractivity contribution in [3.8, 4) is 0 Å². The van der Waals surface area contributed by atoms with Crippen molar-refractivity contribution in [3.05, 3.63) is 47.5 Å². The molecule has 1 rings (SSSR count). The van der Waals surface area contributed by atoms with Gasteiger partial charge in [-0.3, -0.25) is 0 Å². The van der Waals surface area contributed by atoms with Crippen LogP contribution < -0.4 is 0 Å². The summed E-state index contributed by atoms with van der Waals surface area (Å²) in [5.74, 6) is 0.0439. The molecule has 0 aliphatic carbocycles. The average Bonchev–Trinajstić information content (AvgIpc) is 2.46. The van der Waals surface area contributed by atoms with Gasteiger partial charge in [0.25, 0.3) is 0 Å². The summed E-state index contributed by atoms with van der Waals surface area (Å²) in [5.41, 5.74) is 1.84. The van der Waals surface area contributed by atoms with Crippen molar-refractivity contribution >= 4 is 5.97 Å². The van der Waals surface area contributed by atoms with E-state index in [0.717, 1.165) is 6.42 Å². The van der Waals surface area contributed by atoms with E-state index in [1.807, 2.05) is 31.2 Å². The molecule has 0 spiro atoms. The van der Waals surface area contributed by atoms with Gasteiger partial charge in [0.15, 0.2) is 0 Å². The monoisotopic (exact) mass is 290 g/mol. The Morgan fingerprint density at radius 1 is 1.24 bits per heavy atom. The van der Waals surface area contributed by atoms with Gasteiger partial charge in [-0.2, -0.15) is 0 Å². The molecule has 0 N–H and O–H groups in total. The van der Waals surface area contributed by atoms with Gasteiger partial charge in [0.2, 0.25) is 0 Å². The van der Waals surface area contributed by atoms with Crippen LogP contribution in [0.25, 0.3) is 0 Å². The predicted molar refractivity (Wildman–Crippen MR) is 84.9 cm³/mol. The van der Waals surface area contributed by atoms with Crippen molar-refractivity contribution in [2.45, 2.75) is 46.8 Å². The standard InChI is InChI=1S/C18H26O3/c1-5-20-18(19)15(3)11-14(2)12-16(4)21-13-17-9-7-6-8-10-17/h6-11,14,16H,5,12-13H2,1-4H3/b15-11+/t14-,16-/m0/s1. The molecule has 3 heteroatoms. The number of rotatable bonds is 8. The molecule has 0 aliphatic heterocycles. The lowest BCUT2D eigenvalue weighted by Gasteiger charge is -2.16. The second-order valence-electron chi connectivity index (χ2n) is 5.39. The first-order valence-corrected chi connectivity index (χ1v) is 7.54. The van der Waals surface area contributed by atoms with Crippen LogP contribution in [0.4, 0.5) is 0 Å². The highest BCUT2D eigenvalue weighted by atomic mass is 16.5. The molecular weight excluding hydrogens is 264 g/mol. The molecule has 0 saturated carbocycles. The molecule has 2 atom stereocenters. The lowest BCUT2D eigenvalue weighted by atomic mass is 10.0. The highest BCUT2D eigenvalue weighted by Crippen LogP contribution is 2.14. The lowest BCUT2D eigenvalue weighted by molar-refractivity contribution is -0.138. The van der Waals surface area contributed by atoms with E-state index in [-0.39, 0.29) is 18.0 Å². The quantitative estimate of drug-likeness (QED) is 0.533. The Kier molecular flexibility index (Phi) is 7.76. The minimum atomic E-state index is -0.234. The Morgan fingerprint density at radius 2 is 1.90 bits per heavy atom. The van der Waals surface area contributed by atoms with Crippen molar-refractivity contribution in [1.82, 2.24) is 0 Å². The third-order valence-corrected chi connectivity index (χ3v) is 3.21. The average molecular weight is 290 g/mol. The van der Waals surface area contributed by atoms with Crippen LogP contribution in [0.2, 0.25) is 0 Å². The molecule has 0 radical (unpaired) electrons. The van der Waals surface area contributed by atoms with E-state index in [4.69, 9.17) is 9.47 Å². The van der Waals surface area contributed by atoms with Crippen LogP contribution in [-0.4, -0.2) is 18.7 Å². The van der Waals surface area contributed by atoms with Crippen LogP contribution in [-0.2, 0) is 20.9 Å². The molecule has 0 fully saturated rings.